The van der Waals surface area contributed by atoms with Gasteiger partial charge < -0.3 is 16.4 Å². The molecule has 0 unspecified atom stereocenters. The Hall–Kier alpha value is -2.15. The zero-order valence-corrected chi connectivity index (χ0v) is 12.1. The van der Waals surface area contributed by atoms with Crippen molar-refractivity contribution in [2.24, 2.45) is 0 Å². The van der Waals surface area contributed by atoms with Crippen LogP contribution in [-0.2, 0) is 4.79 Å². The van der Waals surface area contributed by atoms with Gasteiger partial charge in [0.25, 0.3) is 5.91 Å². The number of hydrogen-bond donors (Lipinski definition) is 3. The van der Waals surface area contributed by atoms with Gasteiger partial charge in [-0.15, -0.1) is 11.3 Å². The molecule has 0 saturated heterocycles. The summed E-state index contributed by atoms with van der Waals surface area (Å²) in [7, 11) is 0. The number of fused-ring (bicyclic) bond motifs is 1. The first-order valence-electron chi connectivity index (χ1n) is 6.17. The maximum Gasteiger partial charge on any atom is 0.263 e. The summed E-state index contributed by atoms with van der Waals surface area (Å²) in [6.07, 6.45) is 0. The smallest absolute Gasteiger partial charge is 0.263 e. The van der Waals surface area contributed by atoms with Crippen LogP contribution in [0.4, 0.5) is 5.69 Å². The van der Waals surface area contributed by atoms with Crippen molar-refractivity contribution in [3.8, 4) is 0 Å². The van der Waals surface area contributed by atoms with Gasteiger partial charge in [0.2, 0.25) is 5.91 Å². The van der Waals surface area contributed by atoms with Crippen LogP contribution in [0.15, 0.2) is 12.1 Å². The number of nitrogens with one attached hydrogen (secondary N) is 2. The van der Waals surface area contributed by atoms with Crippen LogP contribution in [0.2, 0.25) is 0 Å². The predicted octanol–water partition coefficient (Wildman–Crippen LogP) is 1.05. The Kier molecular flexibility index (Phi) is 4.19. The molecule has 0 fully saturated rings. The molecule has 0 aliphatic heterocycles. The molecule has 2 rings (SSSR count). The summed E-state index contributed by atoms with van der Waals surface area (Å²) in [5, 5.41) is 6.13. The molecule has 0 aliphatic carbocycles. The fourth-order valence-electron chi connectivity index (χ4n) is 1.75. The summed E-state index contributed by atoms with van der Waals surface area (Å²) in [5.74, 6) is -0.367. The minimum Gasteiger partial charge on any atom is -0.397 e. The zero-order chi connectivity index (χ0) is 14.7. The molecule has 0 aliphatic rings. The number of carbonyl (C=O) groups is 2. The van der Waals surface area contributed by atoms with Crippen molar-refractivity contribution in [1.82, 2.24) is 15.6 Å². The molecule has 20 heavy (non-hydrogen) atoms. The van der Waals surface area contributed by atoms with Crippen molar-refractivity contribution in [3.05, 3.63) is 22.7 Å². The highest BCUT2D eigenvalue weighted by molar-refractivity contribution is 7.21. The molecule has 0 aromatic carbocycles. The minimum atomic E-state index is -0.242. The van der Waals surface area contributed by atoms with Gasteiger partial charge in [0.05, 0.1) is 5.69 Å². The summed E-state index contributed by atoms with van der Waals surface area (Å²) in [6.45, 7) is 4.07. The van der Waals surface area contributed by atoms with E-state index in [4.69, 9.17) is 5.73 Å². The summed E-state index contributed by atoms with van der Waals surface area (Å²) >= 11 is 1.28. The lowest BCUT2D eigenvalue weighted by molar-refractivity contribution is -0.118. The number of anilines is 1. The van der Waals surface area contributed by atoms with Crippen LogP contribution in [0.3, 0.4) is 0 Å². The standard InChI is InChI=1S/C13H16N4O2S/c1-7-3-4-9-10(14)11(20-13(9)17-7)12(19)16-6-5-15-8(2)18/h3-4H,5-6,14H2,1-2H3,(H,15,18)(H,16,19). The van der Waals surface area contributed by atoms with Crippen molar-refractivity contribution in [3.63, 3.8) is 0 Å². The van der Waals surface area contributed by atoms with Crippen LogP contribution >= 0.6 is 11.3 Å². The Morgan fingerprint density at radius 3 is 2.70 bits per heavy atom. The van der Waals surface area contributed by atoms with Crippen LogP contribution in [0, 0.1) is 6.92 Å². The summed E-state index contributed by atoms with van der Waals surface area (Å²) in [4.78, 5) is 28.3. The quantitative estimate of drug-likeness (QED) is 0.734. The lowest BCUT2D eigenvalue weighted by atomic mass is 10.2. The molecule has 0 saturated carbocycles. The molecule has 7 heteroatoms. The SMILES string of the molecule is CC(=O)NCCNC(=O)c1sc2nc(C)ccc2c1N. The van der Waals surface area contributed by atoms with E-state index in [0.29, 0.717) is 23.7 Å². The number of amides is 2. The maximum absolute atomic E-state index is 12.0. The molecule has 2 heterocycles. The fraction of sp³-hybridized carbons (Fsp3) is 0.308. The van der Waals surface area contributed by atoms with Crippen molar-refractivity contribution >= 4 is 39.1 Å². The molecule has 6 nitrogen and oxygen atoms in total. The second-order valence-electron chi connectivity index (χ2n) is 4.39. The van der Waals surface area contributed by atoms with E-state index in [2.05, 4.69) is 15.6 Å². The molecule has 4 N–H and O–H groups in total. The van der Waals surface area contributed by atoms with E-state index in [1.807, 2.05) is 19.1 Å². The van der Waals surface area contributed by atoms with Gasteiger partial charge in [-0.3, -0.25) is 9.59 Å². The summed E-state index contributed by atoms with van der Waals surface area (Å²) in [5.41, 5.74) is 7.32. The summed E-state index contributed by atoms with van der Waals surface area (Å²) < 4.78 is 0. The van der Waals surface area contributed by atoms with Crippen LogP contribution in [0.25, 0.3) is 10.2 Å². The number of nitrogens with two attached hydrogens (primary N) is 1. The largest absolute Gasteiger partial charge is 0.397 e. The van der Waals surface area contributed by atoms with Crippen LogP contribution < -0.4 is 16.4 Å². The highest BCUT2D eigenvalue weighted by Crippen LogP contribution is 2.32. The van der Waals surface area contributed by atoms with E-state index in [1.165, 1.54) is 18.3 Å². The third-order valence-corrected chi connectivity index (χ3v) is 3.84. The molecule has 2 aromatic rings. The van der Waals surface area contributed by atoms with Crippen LogP contribution in [0.5, 0.6) is 0 Å². The lowest BCUT2D eigenvalue weighted by Gasteiger charge is -2.04. The molecule has 2 amide bonds. The minimum absolute atomic E-state index is 0.125. The summed E-state index contributed by atoms with van der Waals surface area (Å²) in [6, 6.07) is 3.74. The van der Waals surface area contributed by atoms with Crippen molar-refractivity contribution in [2.75, 3.05) is 18.8 Å². The Bertz CT molecular complexity index is 666. The van der Waals surface area contributed by atoms with E-state index in [-0.39, 0.29) is 11.8 Å². The lowest BCUT2D eigenvalue weighted by Crippen LogP contribution is -2.33. The maximum atomic E-state index is 12.0. The topological polar surface area (TPSA) is 97.1 Å². The molecule has 0 bridgehead atoms. The molecular weight excluding hydrogens is 276 g/mol. The first-order valence-corrected chi connectivity index (χ1v) is 6.99. The van der Waals surface area contributed by atoms with Gasteiger partial charge in [-0.05, 0) is 19.1 Å². The first kappa shape index (κ1) is 14.3. The van der Waals surface area contributed by atoms with Crippen LogP contribution in [-0.4, -0.2) is 29.9 Å². The van der Waals surface area contributed by atoms with E-state index in [1.54, 1.807) is 0 Å². The van der Waals surface area contributed by atoms with E-state index >= 15 is 0 Å². The van der Waals surface area contributed by atoms with E-state index in [9.17, 15) is 9.59 Å². The second kappa shape index (κ2) is 5.87. The molecule has 106 valence electrons. The Balaban J connectivity index is 2.10. The first-order chi connectivity index (χ1) is 9.49. The molecule has 0 spiro atoms. The number of aryl methyl sites for hydroxylation is 1. The third-order valence-electron chi connectivity index (χ3n) is 2.72. The van der Waals surface area contributed by atoms with Gasteiger partial charge in [-0.2, -0.15) is 0 Å². The number of thiophene rings is 1. The van der Waals surface area contributed by atoms with E-state index in [0.717, 1.165) is 15.9 Å². The molecule has 0 atom stereocenters. The number of carbonyl (C=O) groups excluding carboxylic acids is 2. The van der Waals surface area contributed by atoms with Crippen molar-refractivity contribution in [1.29, 1.82) is 0 Å². The van der Waals surface area contributed by atoms with E-state index < -0.39 is 0 Å². The van der Waals surface area contributed by atoms with Gasteiger partial charge in [-0.1, -0.05) is 0 Å². The number of pyridine rings is 1. The monoisotopic (exact) mass is 292 g/mol. The number of rotatable bonds is 4. The van der Waals surface area contributed by atoms with Crippen molar-refractivity contribution < 1.29 is 9.59 Å². The van der Waals surface area contributed by atoms with Crippen molar-refractivity contribution in [2.45, 2.75) is 13.8 Å². The zero-order valence-electron chi connectivity index (χ0n) is 11.3. The number of aromatic nitrogens is 1. The average Bonchev–Trinajstić information content (AvgIpc) is 2.71. The highest BCUT2D eigenvalue weighted by Gasteiger charge is 2.16. The number of nitrogens with zero attached hydrogens (tertiary/aromatic N) is 1. The normalized spacial score (nSPS) is 10.5. The van der Waals surface area contributed by atoms with Gasteiger partial charge >= 0.3 is 0 Å². The number of hydrogen-bond acceptors (Lipinski definition) is 5. The third kappa shape index (κ3) is 3.05. The Morgan fingerprint density at radius 2 is 2.00 bits per heavy atom. The second-order valence-corrected chi connectivity index (χ2v) is 5.39. The fourth-order valence-corrected chi connectivity index (χ4v) is 2.81. The van der Waals surface area contributed by atoms with Crippen LogP contribution in [0.1, 0.15) is 22.3 Å². The molecule has 0 radical (unpaired) electrons. The molecular formula is C13H16N4O2S. The van der Waals surface area contributed by atoms with Gasteiger partial charge in [0.15, 0.2) is 0 Å². The van der Waals surface area contributed by atoms with Gasteiger partial charge in [-0.25, -0.2) is 4.98 Å². The highest BCUT2D eigenvalue weighted by atomic mass is 32.1. The molecule has 2 aromatic heterocycles. The van der Waals surface area contributed by atoms with Gasteiger partial charge in [0, 0.05) is 31.1 Å². The predicted molar refractivity (Wildman–Crippen MR) is 79.8 cm³/mol. The number of nitrogen functional groups attached to an aromatic ring is 1. The Labute approximate surface area is 120 Å². The van der Waals surface area contributed by atoms with Gasteiger partial charge in [0.1, 0.15) is 9.71 Å². The Morgan fingerprint density at radius 1 is 1.30 bits per heavy atom. The average molecular weight is 292 g/mol.